The van der Waals surface area contributed by atoms with Crippen LogP contribution in [0.25, 0.3) is 0 Å². The second-order valence-electron chi connectivity index (χ2n) is 4.36. The van der Waals surface area contributed by atoms with E-state index in [2.05, 4.69) is 5.32 Å². The lowest BCUT2D eigenvalue weighted by atomic mass is 10.1. The van der Waals surface area contributed by atoms with Gasteiger partial charge in [-0.2, -0.15) is 0 Å². The van der Waals surface area contributed by atoms with E-state index >= 15 is 0 Å². The molecule has 0 saturated carbocycles. The van der Waals surface area contributed by atoms with Gasteiger partial charge in [0.25, 0.3) is 5.91 Å². The monoisotopic (exact) mass is 321 g/mol. The maximum atomic E-state index is 12.2. The summed E-state index contributed by atoms with van der Waals surface area (Å²) in [4.78, 5) is 22.3. The molecule has 0 aliphatic rings. The van der Waals surface area contributed by atoms with Crippen LogP contribution in [0.15, 0.2) is 36.4 Å². The third-order valence-corrected chi connectivity index (χ3v) is 3.33. The summed E-state index contributed by atoms with van der Waals surface area (Å²) in [5.74, 6) is -1.42. The van der Waals surface area contributed by atoms with Gasteiger partial charge in [0.1, 0.15) is 0 Å². The second kappa shape index (κ2) is 6.42. The van der Waals surface area contributed by atoms with Gasteiger partial charge >= 0.3 is 5.69 Å². The number of carbonyl (C=O) groups excluding carboxylic acids is 1. The first kappa shape index (κ1) is 15.7. The molecule has 22 heavy (non-hydrogen) atoms. The predicted octanol–water partition coefficient (Wildman–Crippen LogP) is 2.66. The smallest absolute Gasteiger partial charge is 0.311 e. The van der Waals surface area contributed by atoms with E-state index < -0.39 is 22.3 Å². The van der Waals surface area contributed by atoms with Crippen LogP contribution in [0.3, 0.4) is 0 Å². The summed E-state index contributed by atoms with van der Waals surface area (Å²) in [6.07, 6.45) is 0. The summed E-state index contributed by atoms with van der Waals surface area (Å²) < 4.78 is 0. The molecule has 1 amide bonds. The van der Waals surface area contributed by atoms with Crippen LogP contribution in [0.1, 0.15) is 15.9 Å². The number of benzene rings is 2. The number of phenols is 1. The number of nitro groups is 1. The first-order valence-electron chi connectivity index (χ1n) is 6.21. The molecule has 2 rings (SSSR count). The summed E-state index contributed by atoms with van der Waals surface area (Å²) in [6, 6.07) is 8.64. The molecule has 0 saturated heterocycles. The number of rotatable bonds is 4. The number of nitro benzene ring substituents is 1. The highest BCUT2D eigenvalue weighted by molar-refractivity contribution is 6.34. The molecule has 114 valence electrons. The minimum absolute atomic E-state index is 0.150. The molecule has 0 atom stereocenters. The number of para-hydroxylation sites is 2. The molecule has 0 aliphatic heterocycles. The van der Waals surface area contributed by atoms with Crippen LogP contribution < -0.4 is 11.1 Å². The van der Waals surface area contributed by atoms with Gasteiger partial charge in [-0.05, 0) is 17.7 Å². The third kappa shape index (κ3) is 3.00. The fourth-order valence-corrected chi connectivity index (χ4v) is 2.16. The van der Waals surface area contributed by atoms with Gasteiger partial charge in [-0.25, -0.2) is 0 Å². The average Bonchev–Trinajstić information content (AvgIpc) is 2.49. The molecule has 8 heteroatoms. The van der Waals surface area contributed by atoms with E-state index in [1.807, 2.05) is 0 Å². The Bertz CT molecular complexity index is 749. The fourth-order valence-electron chi connectivity index (χ4n) is 1.92. The van der Waals surface area contributed by atoms with Crippen molar-refractivity contribution >= 4 is 28.9 Å². The number of phenolic OH excluding ortho intramolecular Hbond substituents is 1. The van der Waals surface area contributed by atoms with Crippen molar-refractivity contribution in [3.63, 3.8) is 0 Å². The zero-order chi connectivity index (χ0) is 16.3. The van der Waals surface area contributed by atoms with Gasteiger partial charge in [0.05, 0.1) is 21.2 Å². The minimum Gasteiger partial charge on any atom is -0.502 e. The van der Waals surface area contributed by atoms with Crippen molar-refractivity contribution < 1.29 is 14.8 Å². The second-order valence-corrected chi connectivity index (χ2v) is 4.77. The number of amides is 1. The number of anilines is 1. The lowest BCUT2D eigenvalue weighted by molar-refractivity contribution is -0.385. The van der Waals surface area contributed by atoms with E-state index in [1.165, 1.54) is 12.1 Å². The topological polar surface area (TPSA) is 118 Å². The Morgan fingerprint density at radius 1 is 1.32 bits per heavy atom. The quantitative estimate of drug-likeness (QED) is 0.591. The largest absolute Gasteiger partial charge is 0.502 e. The normalized spacial score (nSPS) is 10.3. The average molecular weight is 322 g/mol. The van der Waals surface area contributed by atoms with Gasteiger partial charge in [-0.1, -0.05) is 29.8 Å². The standard InChI is InChI=1S/C14H12ClN3O4/c15-10-5-1-3-8(7-16)12(10)17-14(20)9-4-2-6-11(13(9)19)18(21)22/h1-6,19H,7,16H2,(H,17,20). The molecular weight excluding hydrogens is 310 g/mol. The van der Waals surface area contributed by atoms with E-state index in [1.54, 1.807) is 18.2 Å². The highest BCUT2D eigenvalue weighted by Gasteiger charge is 2.22. The van der Waals surface area contributed by atoms with Crippen LogP contribution in [0.2, 0.25) is 5.02 Å². The third-order valence-electron chi connectivity index (χ3n) is 3.01. The lowest BCUT2D eigenvalue weighted by Crippen LogP contribution is -2.15. The summed E-state index contributed by atoms with van der Waals surface area (Å²) in [5, 5.41) is 23.4. The number of hydrogen-bond acceptors (Lipinski definition) is 5. The van der Waals surface area contributed by atoms with Crippen LogP contribution >= 0.6 is 11.6 Å². The molecule has 2 aromatic carbocycles. The van der Waals surface area contributed by atoms with E-state index in [0.717, 1.165) is 6.07 Å². The van der Waals surface area contributed by atoms with Crippen molar-refractivity contribution in [1.29, 1.82) is 0 Å². The fraction of sp³-hybridized carbons (Fsp3) is 0.0714. The van der Waals surface area contributed by atoms with Crippen LogP contribution in [-0.2, 0) is 6.54 Å². The van der Waals surface area contributed by atoms with Crippen LogP contribution in [-0.4, -0.2) is 15.9 Å². The molecule has 0 bridgehead atoms. The van der Waals surface area contributed by atoms with E-state index in [-0.39, 0.29) is 17.1 Å². The highest BCUT2D eigenvalue weighted by atomic mass is 35.5. The molecular formula is C14H12ClN3O4. The van der Waals surface area contributed by atoms with E-state index in [9.17, 15) is 20.0 Å². The first-order chi connectivity index (χ1) is 10.5. The molecule has 2 aromatic rings. The van der Waals surface area contributed by atoms with Gasteiger partial charge in [-0.3, -0.25) is 14.9 Å². The maximum absolute atomic E-state index is 12.2. The Labute approximate surface area is 130 Å². The first-order valence-corrected chi connectivity index (χ1v) is 6.58. The lowest BCUT2D eigenvalue weighted by Gasteiger charge is -2.12. The SMILES string of the molecule is NCc1cccc(Cl)c1NC(=O)c1cccc([N+](=O)[O-])c1O. The van der Waals surface area contributed by atoms with E-state index in [4.69, 9.17) is 17.3 Å². The van der Waals surface area contributed by atoms with Crippen molar-refractivity contribution in [2.75, 3.05) is 5.32 Å². The number of aromatic hydroxyl groups is 1. The molecule has 0 spiro atoms. The molecule has 4 N–H and O–H groups in total. The van der Waals surface area contributed by atoms with Crippen LogP contribution in [0.4, 0.5) is 11.4 Å². The van der Waals surface area contributed by atoms with Crippen molar-refractivity contribution in [3.05, 3.63) is 62.7 Å². The summed E-state index contributed by atoms with van der Waals surface area (Å²) in [5.41, 5.74) is 5.71. The molecule has 0 unspecified atom stereocenters. The van der Waals surface area contributed by atoms with Crippen molar-refractivity contribution in [1.82, 2.24) is 0 Å². The van der Waals surface area contributed by atoms with Crippen LogP contribution in [0.5, 0.6) is 5.75 Å². The number of nitrogens with one attached hydrogen (secondary N) is 1. The molecule has 0 aromatic heterocycles. The summed E-state index contributed by atoms with van der Waals surface area (Å²) in [7, 11) is 0. The molecule has 0 fully saturated rings. The maximum Gasteiger partial charge on any atom is 0.311 e. The van der Waals surface area contributed by atoms with Crippen LogP contribution in [0, 0.1) is 10.1 Å². The summed E-state index contributed by atoms with van der Waals surface area (Å²) in [6.45, 7) is 0.150. The number of halogens is 1. The molecule has 0 aliphatic carbocycles. The molecule has 7 nitrogen and oxygen atoms in total. The van der Waals surface area contributed by atoms with E-state index in [0.29, 0.717) is 11.3 Å². The van der Waals surface area contributed by atoms with Gasteiger partial charge in [0.15, 0.2) is 0 Å². The Balaban J connectivity index is 2.39. The Hall–Kier alpha value is -2.64. The number of carbonyl (C=O) groups is 1. The zero-order valence-corrected chi connectivity index (χ0v) is 12.0. The van der Waals surface area contributed by atoms with Gasteiger partial charge in [0.2, 0.25) is 5.75 Å². The number of hydrogen-bond donors (Lipinski definition) is 3. The number of nitrogens with zero attached hydrogens (tertiary/aromatic N) is 1. The highest BCUT2D eigenvalue weighted by Crippen LogP contribution is 2.31. The Morgan fingerprint density at radius 3 is 2.64 bits per heavy atom. The predicted molar refractivity (Wildman–Crippen MR) is 82.1 cm³/mol. The molecule has 0 heterocycles. The number of nitrogens with two attached hydrogens (primary N) is 1. The van der Waals surface area contributed by atoms with Crippen molar-refractivity contribution in [2.45, 2.75) is 6.54 Å². The molecule has 0 radical (unpaired) electrons. The summed E-state index contributed by atoms with van der Waals surface area (Å²) >= 11 is 6.02. The van der Waals surface area contributed by atoms with Gasteiger partial charge in [-0.15, -0.1) is 0 Å². The minimum atomic E-state index is -0.771. The zero-order valence-electron chi connectivity index (χ0n) is 11.2. The Morgan fingerprint density at radius 2 is 2.00 bits per heavy atom. The van der Waals surface area contributed by atoms with Crippen molar-refractivity contribution in [3.8, 4) is 5.75 Å². The van der Waals surface area contributed by atoms with Crippen molar-refractivity contribution in [2.24, 2.45) is 5.73 Å². The van der Waals surface area contributed by atoms with Gasteiger partial charge in [0, 0.05) is 12.6 Å². The van der Waals surface area contributed by atoms with Gasteiger partial charge < -0.3 is 16.2 Å². The Kier molecular flexibility index (Phi) is 4.59.